The van der Waals surface area contributed by atoms with Gasteiger partial charge in [0.2, 0.25) is 0 Å². The molecule has 0 radical (unpaired) electrons. The molecule has 1 aliphatic carbocycles. The average molecular weight is 280 g/mol. The van der Waals surface area contributed by atoms with Crippen molar-refractivity contribution in [1.82, 2.24) is 15.5 Å². The number of hydrogen-bond donors (Lipinski definition) is 2. The van der Waals surface area contributed by atoms with E-state index in [-0.39, 0.29) is 0 Å². The van der Waals surface area contributed by atoms with Crippen LogP contribution >= 0.6 is 0 Å². The standard InChI is InChI=1S/C16H32N4/c1-4-14-8-6-7-10-20(14)11-9-18-16(17-5-2)19-15-12-13(15)3/h13-15H,4-12H2,1-3H3,(H2,17,18,19). The molecule has 1 aliphatic heterocycles. The molecule has 3 unspecified atom stereocenters. The van der Waals surface area contributed by atoms with Crippen molar-refractivity contribution in [1.29, 1.82) is 0 Å². The highest BCUT2D eigenvalue weighted by molar-refractivity contribution is 5.80. The summed E-state index contributed by atoms with van der Waals surface area (Å²) in [7, 11) is 0. The lowest BCUT2D eigenvalue weighted by atomic mass is 10.0. The largest absolute Gasteiger partial charge is 0.357 e. The summed E-state index contributed by atoms with van der Waals surface area (Å²) in [4.78, 5) is 7.38. The highest BCUT2D eigenvalue weighted by Gasteiger charge is 2.33. The molecule has 3 atom stereocenters. The summed E-state index contributed by atoms with van der Waals surface area (Å²) in [6, 6.07) is 1.43. The average Bonchev–Trinajstić information content (AvgIpc) is 3.15. The number of nitrogens with one attached hydrogen (secondary N) is 2. The van der Waals surface area contributed by atoms with E-state index >= 15 is 0 Å². The van der Waals surface area contributed by atoms with Crippen LogP contribution in [0.15, 0.2) is 4.99 Å². The van der Waals surface area contributed by atoms with Crippen LogP contribution in [0.2, 0.25) is 0 Å². The van der Waals surface area contributed by atoms with Gasteiger partial charge in [-0.3, -0.25) is 9.89 Å². The van der Waals surface area contributed by atoms with E-state index < -0.39 is 0 Å². The van der Waals surface area contributed by atoms with Gasteiger partial charge in [0.05, 0.1) is 6.54 Å². The molecule has 1 heterocycles. The third-order valence-electron chi connectivity index (χ3n) is 4.65. The molecule has 1 saturated heterocycles. The monoisotopic (exact) mass is 280 g/mol. The van der Waals surface area contributed by atoms with Crippen LogP contribution in [0.4, 0.5) is 0 Å². The van der Waals surface area contributed by atoms with E-state index in [9.17, 15) is 0 Å². The van der Waals surface area contributed by atoms with Crippen molar-refractivity contribution in [3.63, 3.8) is 0 Å². The van der Waals surface area contributed by atoms with E-state index in [2.05, 4.69) is 36.3 Å². The molecule has 0 amide bonds. The molecule has 2 aliphatic rings. The molecule has 2 rings (SSSR count). The molecule has 116 valence electrons. The van der Waals surface area contributed by atoms with E-state index in [1.54, 1.807) is 0 Å². The van der Waals surface area contributed by atoms with Gasteiger partial charge in [0.25, 0.3) is 0 Å². The zero-order valence-electron chi connectivity index (χ0n) is 13.5. The first-order valence-electron chi connectivity index (χ1n) is 8.53. The van der Waals surface area contributed by atoms with Crippen LogP contribution in [0.25, 0.3) is 0 Å². The Labute approximate surface area is 124 Å². The Bertz CT molecular complexity index is 316. The first kappa shape index (κ1) is 15.6. The minimum Gasteiger partial charge on any atom is -0.357 e. The summed E-state index contributed by atoms with van der Waals surface area (Å²) >= 11 is 0. The Balaban J connectivity index is 1.76. The molecule has 0 spiro atoms. The molecule has 4 heteroatoms. The molecule has 4 nitrogen and oxygen atoms in total. The van der Waals surface area contributed by atoms with Crippen LogP contribution in [0.1, 0.15) is 52.9 Å². The van der Waals surface area contributed by atoms with E-state index in [1.807, 2.05) is 0 Å². The lowest BCUT2D eigenvalue weighted by Gasteiger charge is -2.34. The quantitative estimate of drug-likeness (QED) is 0.579. The van der Waals surface area contributed by atoms with E-state index in [4.69, 9.17) is 4.99 Å². The third-order valence-corrected chi connectivity index (χ3v) is 4.65. The normalized spacial score (nSPS) is 31.1. The maximum Gasteiger partial charge on any atom is 0.191 e. The Morgan fingerprint density at radius 3 is 2.75 bits per heavy atom. The second kappa shape index (κ2) is 7.87. The topological polar surface area (TPSA) is 39.7 Å². The van der Waals surface area contributed by atoms with Crippen LogP contribution in [0.5, 0.6) is 0 Å². The highest BCUT2D eigenvalue weighted by Crippen LogP contribution is 2.28. The van der Waals surface area contributed by atoms with Crippen molar-refractivity contribution in [2.75, 3.05) is 26.2 Å². The summed E-state index contributed by atoms with van der Waals surface area (Å²) in [6.45, 7) is 11.0. The minimum absolute atomic E-state index is 0.645. The molecule has 0 aromatic rings. The Morgan fingerprint density at radius 1 is 1.30 bits per heavy atom. The number of guanidine groups is 1. The van der Waals surface area contributed by atoms with Gasteiger partial charge in [0.1, 0.15) is 0 Å². The third kappa shape index (κ3) is 4.65. The number of nitrogens with zero attached hydrogens (tertiary/aromatic N) is 2. The van der Waals surface area contributed by atoms with Crippen LogP contribution in [-0.4, -0.2) is 49.1 Å². The fourth-order valence-electron chi connectivity index (χ4n) is 3.13. The molecule has 20 heavy (non-hydrogen) atoms. The van der Waals surface area contributed by atoms with Crippen LogP contribution < -0.4 is 10.6 Å². The minimum atomic E-state index is 0.645. The maximum atomic E-state index is 4.74. The van der Waals surface area contributed by atoms with Crippen molar-refractivity contribution in [3.05, 3.63) is 0 Å². The predicted molar refractivity (Wildman–Crippen MR) is 86.2 cm³/mol. The van der Waals surface area contributed by atoms with Crippen LogP contribution in [0.3, 0.4) is 0 Å². The van der Waals surface area contributed by atoms with Gasteiger partial charge in [-0.05, 0) is 45.1 Å². The van der Waals surface area contributed by atoms with Gasteiger partial charge in [-0.25, -0.2) is 0 Å². The van der Waals surface area contributed by atoms with E-state index in [0.717, 1.165) is 37.6 Å². The van der Waals surface area contributed by atoms with Crippen molar-refractivity contribution in [3.8, 4) is 0 Å². The van der Waals surface area contributed by atoms with Gasteiger partial charge < -0.3 is 10.6 Å². The van der Waals surface area contributed by atoms with E-state index in [1.165, 1.54) is 38.6 Å². The zero-order chi connectivity index (χ0) is 14.4. The molecule has 1 saturated carbocycles. The van der Waals surface area contributed by atoms with E-state index in [0.29, 0.717) is 6.04 Å². The summed E-state index contributed by atoms with van der Waals surface area (Å²) in [5.74, 6) is 1.82. The molecular weight excluding hydrogens is 248 g/mol. The summed E-state index contributed by atoms with van der Waals surface area (Å²) < 4.78 is 0. The number of likely N-dealkylation sites (tertiary alicyclic amines) is 1. The molecule has 2 N–H and O–H groups in total. The van der Waals surface area contributed by atoms with Gasteiger partial charge in [-0.2, -0.15) is 0 Å². The summed E-state index contributed by atoms with van der Waals surface area (Å²) in [6.07, 6.45) is 6.70. The summed E-state index contributed by atoms with van der Waals surface area (Å²) in [5.41, 5.74) is 0. The van der Waals surface area contributed by atoms with Gasteiger partial charge in [-0.15, -0.1) is 0 Å². The fraction of sp³-hybridized carbons (Fsp3) is 0.938. The van der Waals surface area contributed by atoms with Gasteiger partial charge in [0, 0.05) is 25.2 Å². The smallest absolute Gasteiger partial charge is 0.191 e. The summed E-state index contributed by atoms with van der Waals surface area (Å²) in [5, 5.41) is 6.88. The number of aliphatic imine (C=N–C) groups is 1. The second-order valence-corrected chi connectivity index (χ2v) is 6.32. The van der Waals surface area contributed by atoms with Crippen molar-refractivity contribution >= 4 is 5.96 Å². The lowest BCUT2D eigenvalue weighted by molar-refractivity contribution is 0.148. The van der Waals surface area contributed by atoms with Gasteiger partial charge >= 0.3 is 0 Å². The van der Waals surface area contributed by atoms with Crippen molar-refractivity contribution in [2.24, 2.45) is 10.9 Å². The number of hydrogen-bond acceptors (Lipinski definition) is 2. The molecule has 0 aromatic heterocycles. The number of rotatable bonds is 6. The first-order valence-corrected chi connectivity index (χ1v) is 8.53. The number of piperidine rings is 1. The Hall–Kier alpha value is -0.770. The van der Waals surface area contributed by atoms with Gasteiger partial charge in [0.15, 0.2) is 5.96 Å². The molecular formula is C16H32N4. The zero-order valence-corrected chi connectivity index (χ0v) is 13.5. The maximum absolute atomic E-state index is 4.74. The molecule has 0 bridgehead atoms. The Kier molecular flexibility index (Phi) is 6.14. The van der Waals surface area contributed by atoms with Gasteiger partial charge in [-0.1, -0.05) is 20.3 Å². The highest BCUT2D eigenvalue weighted by atomic mass is 15.2. The van der Waals surface area contributed by atoms with Crippen molar-refractivity contribution in [2.45, 2.75) is 65.0 Å². The van der Waals surface area contributed by atoms with Crippen molar-refractivity contribution < 1.29 is 0 Å². The van der Waals surface area contributed by atoms with Crippen LogP contribution in [0, 0.1) is 5.92 Å². The van der Waals surface area contributed by atoms with Crippen LogP contribution in [-0.2, 0) is 0 Å². The first-order chi connectivity index (χ1) is 9.74. The second-order valence-electron chi connectivity index (χ2n) is 6.32. The predicted octanol–water partition coefficient (Wildman–Crippen LogP) is 2.21. The Morgan fingerprint density at radius 2 is 2.10 bits per heavy atom. The fourth-order valence-corrected chi connectivity index (χ4v) is 3.13. The SMILES string of the molecule is CCNC(=NCCN1CCCCC1CC)NC1CC1C. The lowest BCUT2D eigenvalue weighted by Crippen LogP contribution is -2.42. The molecule has 0 aromatic carbocycles. The molecule has 2 fully saturated rings.